The molecule has 1 unspecified atom stereocenters. The molecular weight excluding hydrogens is 240 g/mol. The Balaban J connectivity index is 1.69. The molecule has 0 aromatic carbocycles. The highest BCUT2D eigenvalue weighted by Gasteiger charge is 2.30. The summed E-state index contributed by atoms with van der Waals surface area (Å²) in [5.74, 6) is 0.615. The summed E-state index contributed by atoms with van der Waals surface area (Å²) in [6.07, 6.45) is 3.36. The number of rotatable bonds is 5. The van der Waals surface area contributed by atoms with Gasteiger partial charge in [-0.25, -0.2) is 8.42 Å². The van der Waals surface area contributed by atoms with E-state index in [4.69, 9.17) is 0 Å². The minimum absolute atomic E-state index is 0.0835. The van der Waals surface area contributed by atoms with Crippen LogP contribution in [0.25, 0.3) is 0 Å². The van der Waals surface area contributed by atoms with Crippen molar-refractivity contribution >= 4 is 15.7 Å². The van der Waals surface area contributed by atoms with Gasteiger partial charge in [-0.2, -0.15) is 0 Å². The van der Waals surface area contributed by atoms with E-state index in [1.54, 1.807) is 0 Å². The van der Waals surface area contributed by atoms with Crippen LogP contribution in [0, 0.1) is 0 Å². The van der Waals surface area contributed by atoms with Crippen molar-refractivity contribution < 1.29 is 13.2 Å². The molecule has 1 atom stereocenters. The Labute approximate surface area is 102 Å². The average Bonchev–Trinajstić information content (AvgIpc) is 2.97. The largest absolute Gasteiger partial charge is 0.353 e. The third-order valence-corrected chi connectivity index (χ3v) is 5.22. The van der Waals surface area contributed by atoms with Gasteiger partial charge in [-0.1, -0.05) is 0 Å². The zero-order valence-electron chi connectivity index (χ0n) is 10.2. The smallest absolute Gasteiger partial charge is 0.221 e. The van der Waals surface area contributed by atoms with Gasteiger partial charge in [0.2, 0.25) is 5.91 Å². The highest BCUT2D eigenvalue weighted by atomic mass is 32.2. The van der Waals surface area contributed by atoms with Gasteiger partial charge in [0, 0.05) is 25.0 Å². The van der Waals surface area contributed by atoms with Crippen LogP contribution in [0.5, 0.6) is 0 Å². The summed E-state index contributed by atoms with van der Waals surface area (Å²) >= 11 is 0. The third kappa shape index (κ3) is 3.96. The highest BCUT2D eigenvalue weighted by Crippen LogP contribution is 2.19. The van der Waals surface area contributed by atoms with Gasteiger partial charge in [-0.05, 0) is 26.3 Å². The monoisotopic (exact) mass is 260 g/mol. The number of nitrogens with one attached hydrogen (secondary N) is 1. The van der Waals surface area contributed by atoms with Crippen molar-refractivity contribution in [2.75, 3.05) is 25.1 Å². The second kappa shape index (κ2) is 4.94. The van der Waals surface area contributed by atoms with E-state index in [1.165, 1.54) is 0 Å². The molecule has 6 heteroatoms. The number of carbonyl (C=O) groups is 1. The second-order valence-corrected chi connectivity index (χ2v) is 7.36. The van der Waals surface area contributed by atoms with Crippen LogP contribution >= 0.6 is 0 Å². The summed E-state index contributed by atoms with van der Waals surface area (Å²) in [6, 6.07) is 0.494. The van der Waals surface area contributed by atoms with Crippen LogP contribution in [-0.4, -0.2) is 56.4 Å². The first-order valence-electron chi connectivity index (χ1n) is 6.16. The fraction of sp³-hybridized carbons (Fsp3) is 0.909. The Hall–Kier alpha value is -0.620. The Morgan fingerprint density at radius 1 is 1.35 bits per heavy atom. The maximum Gasteiger partial charge on any atom is 0.221 e. The van der Waals surface area contributed by atoms with Crippen molar-refractivity contribution in [3.8, 4) is 0 Å². The lowest BCUT2D eigenvalue weighted by atomic mass is 10.2. The Morgan fingerprint density at radius 3 is 2.59 bits per heavy atom. The summed E-state index contributed by atoms with van der Waals surface area (Å²) in [6.45, 7) is 0.638. The maximum absolute atomic E-state index is 11.5. The van der Waals surface area contributed by atoms with E-state index in [0.717, 1.165) is 12.8 Å². The molecule has 1 heterocycles. The van der Waals surface area contributed by atoms with Gasteiger partial charge < -0.3 is 10.2 Å². The summed E-state index contributed by atoms with van der Waals surface area (Å²) in [5.41, 5.74) is 0. The van der Waals surface area contributed by atoms with Crippen LogP contribution in [0.2, 0.25) is 0 Å². The first-order valence-corrected chi connectivity index (χ1v) is 7.98. The molecule has 2 rings (SSSR count). The molecule has 98 valence electrons. The molecule has 2 fully saturated rings. The summed E-state index contributed by atoms with van der Waals surface area (Å²) in [4.78, 5) is 13.5. The molecule has 2 aliphatic rings. The molecule has 1 saturated carbocycles. The van der Waals surface area contributed by atoms with E-state index in [9.17, 15) is 13.2 Å². The van der Waals surface area contributed by atoms with Gasteiger partial charge in [-0.15, -0.1) is 0 Å². The summed E-state index contributed by atoms with van der Waals surface area (Å²) in [5, 5.41) is 2.93. The molecule has 1 aliphatic carbocycles. The van der Waals surface area contributed by atoms with Crippen LogP contribution in [0.3, 0.4) is 0 Å². The SMILES string of the molecule is CN(CCC(=O)NC1CC1)C1CCS(=O)(=O)C1. The topological polar surface area (TPSA) is 66.5 Å². The fourth-order valence-electron chi connectivity index (χ4n) is 2.11. The first kappa shape index (κ1) is 12.8. The van der Waals surface area contributed by atoms with Gasteiger partial charge in [0.25, 0.3) is 0 Å². The fourth-order valence-corrected chi connectivity index (χ4v) is 3.92. The highest BCUT2D eigenvalue weighted by molar-refractivity contribution is 7.91. The number of sulfone groups is 1. The quantitative estimate of drug-likeness (QED) is 0.742. The lowest BCUT2D eigenvalue weighted by Crippen LogP contribution is -2.36. The lowest BCUT2D eigenvalue weighted by Gasteiger charge is -2.22. The number of carbonyl (C=O) groups excluding carboxylic acids is 1. The normalized spacial score (nSPS) is 27.3. The minimum atomic E-state index is -2.83. The first-order chi connectivity index (χ1) is 7.96. The zero-order chi connectivity index (χ0) is 12.5. The Morgan fingerprint density at radius 2 is 2.06 bits per heavy atom. The van der Waals surface area contributed by atoms with Crippen molar-refractivity contribution in [2.24, 2.45) is 0 Å². The molecule has 1 N–H and O–H groups in total. The Bertz CT molecular complexity index is 390. The molecular formula is C11H20N2O3S. The van der Waals surface area contributed by atoms with Gasteiger partial charge in [0.15, 0.2) is 9.84 Å². The van der Waals surface area contributed by atoms with Crippen molar-refractivity contribution in [1.82, 2.24) is 10.2 Å². The van der Waals surface area contributed by atoms with Crippen LogP contribution < -0.4 is 5.32 Å². The van der Waals surface area contributed by atoms with E-state index in [1.807, 2.05) is 11.9 Å². The van der Waals surface area contributed by atoms with Crippen molar-refractivity contribution in [3.63, 3.8) is 0 Å². The average molecular weight is 260 g/mol. The number of nitrogens with zero attached hydrogens (tertiary/aromatic N) is 1. The van der Waals surface area contributed by atoms with Crippen molar-refractivity contribution in [1.29, 1.82) is 0 Å². The molecule has 1 amide bonds. The molecule has 5 nitrogen and oxygen atoms in total. The van der Waals surface area contributed by atoms with E-state index in [-0.39, 0.29) is 23.5 Å². The van der Waals surface area contributed by atoms with Crippen LogP contribution in [0.4, 0.5) is 0 Å². The maximum atomic E-state index is 11.5. The standard InChI is InChI=1S/C11H20N2O3S/c1-13(10-5-7-17(15,16)8-10)6-4-11(14)12-9-2-3-9/h9-10H,2-8H2,1H3,(H,12,14). The summed E-state index contributed by atoms with van der Waals surface area (Å²) in [7, 11) is -0.932. The molecule has 0 spiro atoms. The van der Waals surface area contributed by atoms with Crippen LogP contribution in [0.1, 0.15) is 25.7 Å². The number of amides is 1. The number of hydrogen-bond acceptors (Lipinski definition) is 4. The van der Waals surface area contributed by atoms with Crippen LogP contribution in [0.15, 0.2) is 0 Å². The van der Waals surface area contributed by atoms with E-state index >= 15 is 0 Å². The minimum Gasteiger partial charge on any atom is -0.353 e. The second-order valence-electron chi connectivity index (χ2n) is 5.13. The van der Waals surface area contributed by atoms with E-state index in [0.29, 0.717) is 25.4 Å². The third-order valence-electron chi connectivity index (χ3n) is 3.47. The lowest BCUT2D eigenvalue weighted by molar-refractivity contribution is -0.121. The molecule has 1 aliphatic heterocycles. The predicted molar refractivity (Wildman–Crippen MR) is 65.5 cm³/mol. The molecule has 1 saturated heterocycles. The molecule has 0 radical (unpaired) electrons. The van der Waals surface area contributed by atoms with Crippen LogP contribution in [-0.2, 0) is 14.6 Å². The predicted octanol–water partition coefficient (Wildman–Crippen LogP) is -0.226. The van der Waals surface area contributed by atoms with Gasteiger partial charge in [0.05, 0.1) is 11.5 Å². The Kier molecular flexibility index (Phi) is 3.73. The van der Waals surface area contributed by atoms with Gasteiger partial charge in [0.1, 0.15) is 0 Å². The van der Waals surface area contributed by atoms with Crippen molar-refractivity contribution in [2.45, 2.75) is 37.8 Å². The van der Waals surface area contributed by atoms with Crippen molar-refractivity contribution in [3.05, 3.63) is 0 Å². The number of hydrogen-bond donors (Lipinski definition) is 1. The van der Waals surface area contributed by atoms with E-state index < -0.39 is 9.84 Å². The van der Waals surface area contributed by atoms with E-state index in [2.05, 4.69) is 5.32 Å². The van der Waals surface area contributed by atoms with Gasteiger partial charge >= 0.3 is 0 Å². The molecule has 17 heavy (non-hydrogen) atoms. The molecule has 0 aromatic rings. The van der Waals surface area contributed by atoms with Gasteiger partial charge in [-0.3, -0.25) is 4.79 Å². The molecule has 0 bridgehead atoms. The zero-order valence-corrected chi connectivity index (χ0v) is 11.0. The molecule has 0 aromatic heterocycles. The summed E-state index contributed by atoms with van der Waals surface area (Å²) < 4.78 is 22.7.